The van der Waals surface area contributed by atoms with Gasteiger partial charge in [-0.3, -0.25) is 0 Å². The molecule has 0 aromatic carbocycles. The maximum absolute atomic E-state index is 4.56. The largest absolute Gasteiger partial charge is 0.356 e. The van der Waals surface area contributed by atoms with E-state index in [0.29, 0.717) is 5.92 Å². The van der Waals surface area contributed by atoms with Gasteiger partial charge >= 0.3 is 0 Å². The Labute approximate surface area is 148 Å². The van der Waals surface area contributed by atoms with Crippen molar-refractivity contribution in [2.75, 3.05) is 37.6 Å². The molecule has 0 spiro atoms. The van der Waals surface area contributed by atoms with Gasteiger partial charge in [-0.2, -0.15) is 15.0 Å². The van der Waals surface area contributed by atoms with Crippen LogP contribution in [0.15, 0.2) is 24.8 Å². The monoisotopic (exact) mass is 339 g/mol. The molecule has 3 fully saturated rings. The number of fused-ring (bicyclic) bond motifs is 1. The van der Waals surface area contributed by atoms with Crippen molar-refractivity contribution in [1.82, 2.24) is 29.9 Å². The summed E-state index contributed by atoms with van der Waals surface area (Å²) >= 11 is 0. The maximum atomic E-state index is 4.56. The molecule has 3 aliphatic rings. The van der Waals surface area contributed by atoms with Crippen LogP contribution >= 0.6 is 0 Å². The normalized spacial score (nSPS) is 26.8. The highest BCUT2D eigenvalue weighted by molar-refractivity contribution is 5.42. The zero-order valence-corrected chi connectivity index (χ0v) is 14.5. The molecule has 0 N–H and O–H groups in total. The summed E-state index contributed by atoms with van der Waals surface area (Å²) < 4.78 is 0. The van der Waals surface area contributed by atoms with Crippen molar-refractivity contribution in [3.63, 3.8) is 0 Å². The Kier molecular flexibility index (Phi) is 3.88. The number of rotatable bonds is 5. The molecule has 1 aliphatic carbocycles. The molecular weight excluding hydrogens is 314 g/mol. The average molecular weight is 339 g/mol. The smallest absolute Gasteiger partial charge is 0.132 e. The van der Waals surface area contributed by atoms with E-state index in [1.165, 1.54) is 38.0 Å². The van der Waals surface area contributed by atoms with Crippen molar-refractivity contribution < 1.29 is 0 Å². The number of hydrogen-bond donors (Lipinski definition) is 0. The maximum Gasteiger partial charge on any atom is 0.132 e. The summed E-state index contributed by atoms with van der Waals surface area (Å²) in [4.78, 5) is 15.9. The van der Waals surface area contributed by atoms with Crippen LogP contribution in [0.1, 0.15) is 30.9 Å². The minimum Gasteiger partial charge on any atom is -0.356 e. The Morgan fingerprint density at radius 3 is 2.36 bits per heavy atom. The van der Waals surface area contributed by atoms with Crippen LogP contribution in [0, 0.1) is 11.8 Å². The minimum absolute atomic E-state index is 0.676. The molecule has 132 valence electrons. The van der Waals surface area contributed by atoms with Crippen molar-refractivity contribution in [3.05, 3.63) is 30.5 Å². The van der Waals surface area contributed by atoms with Crippen LogP contribution in [0.2, 0.25) is 0 Å². The van der Waals surface area contributed by atoms with E-state index in [1.807, 2.05) is 0 Å². The Balaban J connectivity index is 1.18. The molecule has 2 atom stereocenters. The number of nitrogens with zero attached hydrogens (tertiary/aromatic N) is 7. The van der Waals surface area contributed by atoms with Crippen molar-refractivity contribution >= 4 is 5.82 Å². The van der Waals surface area contributed by atoms with Gasteiger partial charge in [-0.05, 0) is 24.7 Å². The lowest BCUT2D eigenvalue weighted by Crippen LogP contribution is -2.31. The number of likely N-dealkylation sites (tertiary alicyclic amines) is 1. The fourth-order valence-corrected chi connectivity index (χ4v) is 4.51. The van der Waals surface area contributed by atoms with E-state index in [2.05, 4.69) is 36.0 Å². The Morgan fingerprint density at radius 1 is 0.920 bits per heavy atom. The summed E-state index contributed by atoms with van der Waals surface area (Å²) in [6.07, 6.45) is 9.19. The second kappa shape index (κ2) is 6.37. The first-order valence-electron chi connectivity index (χ1n) is 9.48. The molecule has 0 radical (unpaired) electrons. The molecule has 4 heterocycles. The summed E-state index contributed by atoms with van der Waals surface area (Å²) in [5, 5.41) is 8.38. The molecule has 7 heteroatoms. The van der Waals surface area contributed by atoms with E-state index in [4.69, 9.17) is 0 Å². The molecule has 2 aromatic heterocycles. The summed E-state index contributed by atoms with van der Waals surface area (Å²) in [6.45, 7) is 6.55. The van der Waals surface area contributed by atoms with Gasteiger partial charge in [0.2, 0.25) is 0 Å². The third kappa shape index (κ3) is 3.01. The van der Waals surface area contributed by atoms with Gasteiger partial charge in [0.15, 0.2) is 0 Å². The lowest BCUT2D eigenvalue weighted by Gasteiger charge is -2.26. The fraction of sp³-hybridized carbons (Fsp3) is 0.667. The molecule has 2 aromatic rings. The zero-order valence-electron chi connectivity index (χ0n) is 14.5. The Bertz CT molecular complexity index is 698. The molecule has 2 unspecified atom stereocenters. The molecule has 0 bridgehead atoms. The van der Waals surface area contributed by atoms with Gasteiger partial charge in [-0.15, -0.1) is 0 Å². The highest BCUT2D eigenvalue weighted by Crippen LogP contribution is 2.37. The van der Waals surface area contributed by atoms with Crippen molar-refractivity contribution in [2.24, 2.45) is 11.8 Å². The van der Waals surface area contributed by atoms with Crippen LogP contribution < -0.4 is 4.90 Å². The second-order valence-corrected chi connectivity index (χ2v) is 7.74. The Hall–Kier alpha value is -2.02. The van der Waals surface area contributed by atoms with Crippen LogP contribution in [0.25, 0.3) is 0 Å². The molecule has 2 saturated heterocycles. The third-order valence-corrected chi connectivity index (χ3v) is 6.17. The van der Waals surface area contributed by atoms with Crippen LogP contribution in [-0.4, -0.2) is 62.6 Å². The van der Waals surface area contributed by atoms with Crippen molar-refractivity contribution in [3.8, 4) is 0 Å². The van der Waals surface area contributed by atoms with Gasteiger partial charge in [-0.1, -0.05) is 6.42 Å². The van der Waals surface area contributed by atoms with E-state index < -0.39 is 0 Å². The van der Waals surface area contributed by atoms with Crippen LogP contribution in [-0.2, 0) is 6.54 Å². The molecular formula is C18H25N7. The third-order valence-electron chi connectivity index (χ3n) is 6.17. The predicted molar refractivity (Wildman–Crippen MR) is 94.3 cm³/mol. The molecule has 5 rings (SSSR count). The standard InChI is InChI=1S/C18H25N7/c1-2-14(3-1)17-8-18(20-13-19-17)24-11-15-9-23(10-16(15)12-24)6-7-25-21-4-5-22-25/h4-5,8,13-16H,1-3,6-7,9-12H2. The van der Waals surface area contributed by atoms with Crippen molar-refractivity contribution in [2.45, 2.75) is 31.7 Å². The van der Waals surface area contributed by atoms with E-state index in [0.717, 1.165) is 43.8 Å². The van der Waals surface area contributed by atoms with E-state index in [1.54, 1.807) is 23.5 Å². The summed E-state index contributed by atoms with van der Waals surface area (Å²) in [6, 6.07) is 2.24. The molecule has 1 saturated carbocycles. The highest BCUT2D eigenvalue weighted by Gasteiger charge is 2.40. The summed E-state index contributed by atoms with van der Waals surface area (Å²) in [5.41, 5.74) is 1.25. The van der Waals surface area contributed by atoms with E-state index in [-0.39, 0.29) is 0 Å². The SMILES string of the molecule is c1nc(C2CCC2)cc(N2CC3CN(CCn4nccn4)CC3C2)n1. The first kappa shape index (κ1) is 15.3. The fourth-order valence-electron chi connectivity index (χ4n) is 4.51. The summed E-state index contributed by atoms with van der Waals surface area (Å²) in [5.74, 6) is 3.33. The van der Waals surface area contributed by atoms with Gasteiger partial charge < -0.3 is 9.80 Å². The van der Waals surface area contributed by atoms with E-state index in [9.17, 15) is 0 Å². The minimum atomic E-state index is 0.676. The number of aromatic nitrogens is 5. The van der Waals surface area contributed by atoms with Crippen LogP contribution in [0.5, 0.6) is 0 Å². The Morgan fingerprint density at radius 2 is 1.68 bits per heavy atom. The van der Waals surface area contributed by atoms with Gasteiger partial charge in [-0.25, -0.2) is 9.97 Å². The molecule has 0 amide bonds. The highest BCUT2D eigenvalue weighted by atomic mass is 15.5. The van der Waals surface area contributed by atoms with Crippen molar-refractivity contribution in [1.29, 1.82) is 0 Å². The number of anilines is 1. The molecule has 7 nitrogen and oxygen atoms in total. The summed E-state index contributed by atoms with van der Waals surface area (Å²) in [7, 11) is 0. The van der Waals surface area contributed by atoms with Gasteiger partial charge in [0.25, 0.3) is 0 Å². The van der Waals surface area contributed by atoms with Crippen LogP contribution in [0.4, 0.5) is 5.82 Å². The molecule has 2 aliphatic heterocycles. The van der Waals surface area contributed by atoms with E-state index >= 15 is 0 Å². The average Bonchev–Trinajstić information content (AvgIpc) is 3.27. The lowest BCUT2D eigenvalue weighted by molar-refractivity contribution is 0.289. The lowest BCUT2D eigenvalue weighted by atomic mass is 9.83. The van der Waals surface area contributed by atoms with Gasteiger partial charge in [0.1, 0.15) is 12.1 Å². The zero-order chi connectivity index (χ0) is 16.6. The second-order valence-electron chi connectivity index (χ2n) is 7.74. The first-order valence-corrected chi connectivity index (χ1v) is 9.48. The topological polar surface area (TPSA) is 63.0 Å². The quantitative estimate of drug-likeness (QED) is 0.821. The molecule has 25 heavy (non-hydrogen) atoms. The van der Waals surface area contributed by atoms with Gasteiger partial charge in [0, 0.05) is 50.4 Å². The first-order chi connectivity index (χ1) is 12.3. The number of hydrogen-bond acceptors (Lipinski definition) is 6. The predicted octanol–water partition coefficient (Wildman–Crippen LogP) is 1.40. The van der Waals surface area contributed by atoms with Gasteiger partial charge in [0.05, 0.1) is 18.9 Å². The van der Waals surface area contributed by atoms with Crippen LogP contribution in [0.3, 0.4) is 0 Å².